The number of hydrogen-bond donors (Lipinski definition) is 2. The number of amides is 1. The molecule has 1 saturated carbocycles. The highest BCUT2D eigenvalue weighted by molar-refractivity contribution is 5.64. The summed E-state index contributed by atoms with van der Waals surface area (Å²) in [4.78, 5) is 12.8. The molecule has 0 radical (unpaired) electrons. The Bertz CT molecular complexity index is 264. The van der Waals surface area contributed by atoms with E-state index in [1.165, 1.54) is 0 Å². The number of nitrogens with zero attached hydrogens (tertiary/aromatic N) is 1. The number of piperidine rings is 1. The fourth-order valence-electron chi connectivity index (χ4n) is 3.01. The molecule has 1 amide bonds. The number of rotatable bonds is 3. The molecule has 2 aliphatic rings. The minimum Gasteiger partial charge on any atom is -0.465 e. The third kappa shape index (κ3) is 1.95. The molecular weight excluding hydrogens is 192 g/mol. The first-order valence-electron chi connectivity index (χ1n) is 5.63. The second-order valence-electron chi connectivity index (χ2n) is 5.60. The van der Waals surface area contributed by atoms with E-state index < -0.39 is 6.09 Å². The monoisotopic (exact) mass is 212 g/mol. The molecule has 0 bridgehead atoms. The summed E-state index contributed by atoms with van der Waals surface area (Å²) in [5.41, 5.74) is 0.542. The molecule has 2 unspecified atom stereocenters. The van der Waals surface area contributed by atoms with Gasteiger partial charge in [0.2, 0.25) is 0 Å². The maximum absolute atomic E-state index is 10.4. The zero-order valence-corrected chi connectivity index (χ0v) is 9.66. The largest absolute Gasteiger partial charge is 0.465 e. The van der Waals surface area contributed by atoms with Gasteiger partial charge in [-0.05, 0) is 24.2 Å². The zero-order valence-electron chi connectivity index (χ0n) is 9.66. The molecule has 2 fully saturated rings. The van der Waals surface area contributed by atoms with Crippen molar-refractivity contribution in [2.45, 2.75) is 26.8 Å². The number of fused-ring (bicyclic) bond motifs is 1. The van der Waals surface area contributed by atoms with Gasteiger partial charge in [-0.3, -0.25) is 0 Å². The lowest BCUT2D eigenvalue weighted by molar-refractivity contribution is 0.182. The van der Waals surface area contributed by atoms with E-state index in [9.17, 15) is 4.79 Å². The normalized spacial score (nSPS) is 34.6. The van der Waals surface area contributed by atoms with Gasteiger partial charge >= 0.3 is 6.09 Å². The highest BCUT2D eigenvalue weighted by Crippen LogP contribution is 2.61. The fraction of sp³-hybridized carbons (Fsp3) is 0.909. The van der Waals surface area contributed by atoms with Gasteiger partial charge in [0.1, 0.15) is 0 Å². The lowest BCUT2D eigenvalue weighted by Crippen LogP contribution is -2.41. The van der Waals surface area contributed by atoms with Crippen LogP contribution in [0.5, 0.6) is 0 Å². The van der Waals surface area contributed by atoms with Gasteiger partial charge in [-0.1, -0.05) is 13.8 Å². The summed E-state index contributed by atoms with van der Waals surface area (Å²) in [6.45, 7) is 9.71. The molecule has 15 heavy (non-hydrogen) atoms. The van der Waals surface area contributed by atoms with E-state index >= 15 is 0 Å². The second kappa shape index (κ2) is 3.37. The smallest absolute Gasteiger partial charge is 0.404 e. The molecule has 2 rings (SSSR count). The maximum atomic E-state index is 10.4. The lowest BCUT2D eigenvalue weighted by atomic mass is 10.1. The average Bonchev–Trinajstić information content (AvgIpc) is 2.45. The third-order valence-corrected chi connectivity index (χ3v) is 4.10. The van der Waals surface area contributed by atoms with Gasteiger partial charge in [0.25, 0.3) is 0 Å². The molecule has 0 spiro atoms. The van der Waals surface area contributed by atoms with Crippen molar-refractivity contribution >= 4 is 6.09 Å². The highest BCUT2D eigenvalue weighted by Gasteiger charge is 2.61. The summed E-state index contributed by atoms with van der Waals surface area (Å²) in [5, 5.41) is 11.1. The van der Waals surface area contributed by atoms with Gasteiger partial charge in [-0.25, -0.2) is 4.79 Å². The standard InChI is InChI=1S/C11H20N2O2/c1-7(12-10(14)15)4-13-5-8-9(6-13)11(8,2)3/h7-9,12H,4-6H2,1-3H3,(H,14,15)/t7-,8?,9?/m1/s1. The van der Waals surface area contributed by atoms with E-state index in [2.05, 4.69) is 24.1 Å². The van der Waals surface area contributed by atoms with Crippen molar-refractivity contribution in [1.82, 2.24) is 10.2 Å². The van der Waals surface area contributed by atoms with Crippen LogP contribution in [0, 0.1) is 17.3 Å². The predicted molar refractivity (Wildman–Crippen MR) is 57.8 cm³/mol. The van der Waals surface area contributed by atoms with E-state index in [-0.39, 0.29) is 6.04 Å². The number of carboxylic acid groups (broad SMARTS) is 1. The van der Waals surface area contributed by atoms with Crippen LogP contribution in [-0.2, 0) is 0 Å². The number of hydrogen-bond acceptors (Lipinski definition) is 2. The van der Waals surface area contributed by atoms with Crippen LogP contribution in [0.4, 0.5) is 4.79 Å². The Morgan fingerprint density at radius 1 is 1.53 bits per heavy atom. The highest BCUT2D eigenvalue weighted by atomic mass is 16.4. The quantitative estimate of drug-likeness (QED) is 0.740. The maximum Gasteiger partial charge on any atom is 0.404 e. The first kappa shape index (κ1) is 10.7. The van der Waals surface area contributed by atoms with E-state index in [4.69, 9.17) is 5.11 Å². The van der Waals surface area contributed by atoms with Crippen molar-refractivity contribution in [3.05, 3.63) is 0 Å². The topological polar surface area (TPSA) is 52.6 Å². The Morgan fingerprint density at radius 2 is 2.07 bits per heavy atom. The minimum atomic E-state index is -0.924. The molecule has 2 N–H and O–H groups in total. The third-order valence-electron chi connectivity index (χ3n) is 4.10. The van der Waals surface area contributed by atoms with Crippen molar-refractivity contribution in [3.63, 3.8) is 0 Å². The Morgan fingerprint density at radius 3 is 2.53 bits per heavy atom. The van der Waals surface area contributed by atoms with Crippen LogP contribution in [-0.4, -0.2) is 41.8 Å². The van der Waals surface area contributed by atoms with Crippen molar-refractivity contribution in [1.29, 1.82) is 0 Å². The van der Waals surface area contributed by atoms with Gasteiger partial charge in [0.05, 0.1) is 0 Å². The number of carbonyl (C=O) groups is 1. The number of nitrogens with one attached hydrogen (secondary N) is 1. The summed E-state index contributed by atoms with van der Waals surface area (Å²) in [7, 11) is 0. The number of likely N-dealkylation sites (tertiary alicyclic amines) is 1. The summed E-state index contributed by atoms with van der Waals surface area (Å²) < 4.78 is 0. The van der Waals surface area contributed by atoms with E-state index in [1.807, 2.05) is 6.92 Å². The van der Waals surface area contributed by atoms with Crippen molar-refractivity contribution in [2.75, 3.05) is 19.6 Å². The first-order chi connectivity index (χ1) is 6.91. The summed E-state index contributed by atoms with van der Waals surface area (Å²) in [6.07, 6.45) is -0.924. The van der Waals surface area contributed by atoms with E-state index in [1.54, 1.807) is 0 Å². The molecule has 0 aromatic rings. The first-order valence-corrected chi connectivity index (χ1v) is 5.63. The lowest BCUT2D eigenvalue weighted by Gasteiger charge is -2.24. The summed E-state index contributed by atoms with van der Waals surface area (Å²) >= 11 is 0. The molecular formula is C11H20N2O2. The molecule has 0 aromatic carbocycles. The van der Waals surface area contributed by atoms with Gasteiger partial charge in [-0.2, -0.15) is 0 Å². The van der Waals surface area contributed by atoms with Crippen LogP contribution in [0.2, 0.25) is 0 Å². The van der Waals surface area contributed by atoms with E-state index in [0.717, 1.165) is 31.5 Å². The Labute approximate surface area is 90.6 Å². The van der Waals surface area contributed by atoms with Gasteiger partial charge < -0.3 is 15.3 Å². The van der Waals surface area contributed by atoms with Crippen LogP contribution >= 0.6 is 0 Å². The van der Waals surface area contributed by atoms with Crippen molar-refractivity contribution < 1.29 is 9.90 Å². The van der Waals surface area contributed by atoms with Crippen molar-refractivity contribution in [3.8, 4) is 0 Å². The second-order valence-corrected chi connectivity index (χ2v) is 5.60. The molecule has 1 aliphatic heterocycles. The van der Waals surface area contributed by atoms with Gasteiger partial charge in [0, 0.05) is 25.7 Å². The SMILES string of the molecule is C[C@H](CN1CC2C(C1)C2(C)C)NC(=O)O. The van der Waals surface area contributed by atoms with E-state index in [0.29, 0.717) is 5.41 Å². The molecule has 1 saturated heterocycles. The Kier molecular flexibility index (Phi) is 2.41. The van der Waals surface area contributed by atoms with Crippen LogP contribution < -0.4 is 5.32 Å². The molecule has 86 valence electrons. The minimum absolute atomic E-state index is 0.0307. The average molecular weight is 212 g/mol. The molecule has 1 aliphatic carbocycles. The van der Waals surface area contributed by atoms with Crippen LogP contribution in [0.15, 0.2) is 0 Å². The van der Waals surface area contributed by atoms with Crippen LogP contribution in [0.25, 0.3) is 0 Å². The molecule has 4 heteroatoms. The Hall–Kier alpha value is -0.770. The zero-order chi connectivity index (χ0) is 11.2. The molecule has 3 atom stereocenters. The molecule has 1 heterocycles. The summed E-state index contributed by atoms with van der Waals surface area (Å²) in [5.74, 6) is 1.68. The molecule has 4 nitrogen and oxygen atoms in total. The van der Waals surface area contributed by atoms with Crippen molar-refractivity contribution in [2.24, 2.45) is 17.3 Å². The Balaban J connectivity index is 1.74. The summed E-state index contributed by atoms with van der Waals surface area (Å²) in [6, 6.07) is 0.0307. The predicted octanol–water partition coefficient (Wildman–Crippen LogP) is 1.23. The van der Waals surface area contributed by atoms with Crippen LogP contribution in [0.1, 0.15) is 20.8 Å². The van der Waals surface area contributed by atoms with Crippen LogP contribution in [0.3, 0.4) is 0 Å². The fourth-order valence-corrected chi connectivity index (χ4v) is 3.01. The molecule has 0 aromatic heterocycles. The van der Waals surface area contributed by atoms with Gasteiger partial charge in [0.15, 0.2) is 0 Å². The van der Waals surface area contributed by atoms with Gasteiger partial charge in [-0.15, -0.1) is 0 Å².